The molecule has 3 atom stereocenters. The van der Waals surface area contributed by atoms with Crippen molar-refractivity contribution in [2.45, 2.75) is 50.9 Å². The summed E-state index contributed by atoms with van der Waals surface area (Å²) < 4.78 is 5.59. The minimum atomic E-state index is -0.603. The standard InChI is InChI=1S/C15H19NO2/c1-10(17)11(2)18-15(9-16)14-5-3-4-13(8-14)12-6-7-12/h3-5,8,10-12,15,17H,6-7H2,1-2H3. The van der Waals surface area contributed by atoms with Crippen LogP contribution in [0.4, 0.5) is 0 Å². The molecule has 1 aromatic carbocycles. The average molecular weight is 245 g/mol. The summed E-state index contributed by atoms with van der Waals surface area (Å²) >= 11 is 0. The van der Waals surface area contributed by atoms with E-state index >= 15 is 0 Å². The second-order valence-electron chi connectivity index (χ2n) is 5.04. The summed E-state index contributed by atoms with van der Waals surface area (Å²) in [5.41, 5.74) is 2.18. The van der Waals surface area contributed by atoms with Crippen molar-refractivity contribution in [3.63, 3.8) is 0 Å². The zero-order valence-corrected chi connectivity index (χ0v) is 10.8. The zero-order chi connectivity index (χ0) is 13.1. The van der Waals surface area contributed by atoms with Crippen molar-refractivity contribution in [1.29, 1.82) is 5.26 Å². The fourth-order valence-electron chi connectivity index (χ4n) is 1.90. The first-order valence-electron chi connectivity index (χ1n) is 6.45. The van der Waals surface area contributed by atoms with Crippen LogP contribution in [0.3, 0.4) is 0 Å². The molecule has 0 aliphatic heterocycles. The van der Waals surface area contributed by atoms with Crippen molar-refractivity contribution in [2.75, 3.05) is 0 Å². The van der Waals surface area contributed by atoms with Gasteiger partial charge in [-0.25, -0.2) is 0 Å². The average Bonchev–Trinajstić information content (AvgIpc) is 3.19. The van der Waals surface area contributed by atoms with E-state index in [1.165, 1.54) is 18.4 Å². The SMILES string of the molecule is CC(O)C(C)OC(C#N)c1cccc(C2CC2)c1. The monoisotopic (exact) mass is 245 g/mol. The van der Waals surface area contributed by atoms with Gasteiger partial charge in [0.25, 0.3) is 0 Å². The lowest BCUT2D eigenvalue weighted by Gasteiger charge is -2.20. The van der Waals surface area contributed by atoms with Gasteiger partial charge in [-0.2, -0.15) is 5.26 Å². The smallest absolute Gasteiger partial charge is 0.169 e. The van der Waals surface area contributed by atoms with E-state index in [9.17, 15) is 10.4 Å². The molecule has 0 spiro atoms. The van der Waals surface area contributed by atoms with Gasteiger partial charge in [-0.3, -0.25) is 0 Å². The molecule has 0 aromatic heterocycles. The molecule has 2 rings (SSSR count). The number of ether oxygens (including phenoxy) is 1. The Morgan fingerprint density at radius 2 is 2.11 bits per heavy atom. The molecule has 0 saturated heterocycles. The van der Waals surface area contributed by atoms with Gasteiger partial charge in [0.15, 0.2) is 6.10 Å². The third kappa shape index (κ3) is 3.10. The number of hydrogen-bond acceptors (Lipinski definition) is 3. The van der Waals surface area contributed by atoms with Gasteiger partial charge < -0.3 is 9.84 Å². The molecule has 1 aliphatic rings. The van der Waals surface area contributed by atoms with Crippen molar-refractivity contribution in [1.82, 2.24) is 0 Å². The van der Waals surface area contributed by atoms with Crippen LogP contribution >= 0.6 is 0 Å². The topological polar surface area (TPSA) is 53.2 Å². The Balaban J connectivity index is 2.12. The van der Waals surface area contributed by atoms with Crippen LogP contribution in [-0.2, 0) is 4.74 Å². The number of aliphatic hydroxyl groups is 1. The first kappa shape index (κ1) is 13.1. The van der Waals surface area contributed by atoms with Gasteiger partial charge in [0, 0.05) is 0 Å². The van der Waals surface area contributed by atoms with Gasteiger partial charge in [0.1, 0.15) is 0 Å². The van der Waals surface area contributed by atoms with Crippen LogP contribution in [0, 0.1) is 11.3 Å². The van der Waals surface area contributed by atoms with E-state index in [0.717, 1.165) is 5.56 Å². The van der Waals surface area contributed by atoms with E-state index in [4.69, 9.17) is 4.74 Å². The molecule has 1 saturated carbocycles. The number of benzene rings is 1. The normalized spacial score (nSPS) is 19.9. The summed E-state index contributed by atoms with van der Waals surface area (Å²) in [6.07, 6.45) is 0.956. The molecule has 0 bridgehead atoms. The molecule has 96 valence electrons. The second-order valence-corrected chi connectivity index (χ2v) is 5.04. The molecule has 18 heavy (non-hydrogen) atoms. The quantitative estimate of drug-likeness (QED) is 0.867. The largest absolute Gasteiger partial charge is 0.391 e. The van der Waals surface area contributed by atoms with Gasteiger partial charge in [-0.05, 0) is 43.7 Å². The Hall–Kier alpha value is -1.37. The Bertz CT molecular complexity index is 446. The van der Waals surface area contributed by atoms with Gasteiger partial charge in [-0.1, -0.05) is 24.3 Å². The van der Waals surface area contributed by atoms with E-state index < -0.39 is 12.2 Å². The summed E-state index contributed by atoms with van der Waals surface area (Å²) in [6.45, 7) is 3.44. The maximum Gasteiger partial charge on any atom is 0.169 e. The highest BCUT2D eigenvalue weighted by Gasteiger charge is 2.25. The van der Waals surface area contributed by atoms with Gasteiger partial charge in [0.2, 0.25) is 0 Å². The lowest BCUT2D eigenvalue weighted by Crippen LogP contribution is -2.24. The lowest BCUT2D eigenvalue weighted by atomic mass is 10.0. The minimum Gasteiger partial charge on any atom is -0.391 e. The van der Waals surface area contributed by atoms with E-state index in [1.54, 1.807) is 13.8 Å². The van der Waals surface area contributed by atoms with Crippen LogP contribution in [0.15, 0.2) is 24.3 Å². The predicted molar refractivity (Wildman–Crippen MR) is 69.0 cm³/mol. The zero-order valence-electron chi connectivity index (χ0n) is 10.8. The van der Waals surface area contributed by atoms with Crippen LogP contribution in [0.2, 0.25) is 0 Å². The van der Waals surface area contributed by atoms with Crippen LogP contribution in [0.25, 0.3) is 0 Å². The number of nitrogens with zero attached hydrogens (tertiary/aromatic N) is 1. The maximum atomic E-state index is 9.43. The first-order chi connectivity index (χ1) is 8.61. The van der Waals surface area contributed by atoms with Crippen molar-refractivity contribution in [3.8, 4) is 6.07 Å². The molecule has 0 heterocycles. The van der Waals surface area contributed by atoms with Gasteiger partial charge in [0.05, 0.1) is 18.3 Å². The van der Waals surface area contributed by atoms with Crippen molar-refractivity contribution in [2.24, 2.45) is 0 Å². The van der Waals surface area contributed by atoms with Crippen molar-refractivity contribution in [3.05, 3.63) is 35.4 Å². The molecule has 1 N–H and O–H groups in total. The minimum absolute atomic E-state index is 0.348. The van der Waals surface area contributed by atoms with Crippen LogP contribution in [-0.4, -0.2) is 17.3 Å². The molecule has 1 aromatic rings. The summed E-state index contributed by atoms with van der Waals surface area (Å²) in [4.78, 5) is 0. The molecular formula is C15H19NO2. The highest BCUT2D eigenvalue weighted by molar-refractivity contribution is 5.32. The summed E-state index contributed by atoms with van der Waals surface area (Å²) in [5.74, 6) is 0.665. The molecule has 1 aliphatic carbocycles. The van der Waals surface area contributed by atoms with E-state index in [0.29, 0.717) is 5.92 Å². The highest BCUT2D eigenvalue weighted by Crippen LogP contribution is 2.40. The molecule has 3 unspecified atom stereocenters. The van der Waals surface area contributed by atoms with Crippen LogP contribution < -0.4 is 0 Å². The highest BCUT2D eigenvalue weighted by atomic mass is 16.5. The third-order valence-electron chi connectivity index (χ3n) is 3.41. The molecule has 3 heteroatoms. The van der Waals surface area contributed by atoms with Crippen molar-refractivity contribution >= 4 is 0 Å². The predicted octanol–water partition coefficient (Wildman–Crippen LogP) is 2.91. The number of hydrogen-bond donors (Lipinski definition) is 1. The van der Waals surface area contributed by atoms with Crippen LogP contribution in [0.5, 0.6) is 0 Å². The van der Waals surface area contributed by atoms with Gasteiger partial charge >= 0.3 is 0 Å². The Labute approximate surface area is 108 Å². The van der Waals surface area contributed by atoms with Crippen molar-refractivity contribution < 1.29 is 9.84 Å². The molecule has 3 nitrogen and oxygen atoms in total. The Morgan fingerprint density at radius 1 is 1.39 bits per heavy atom. The third-order valence-corrected chi connectivity index (χ3v) is 3.41. The molecule has 0 amide bonds. The maximum absolute atomic E-state index is 9.43. The first-order valence-corrected chi connectivity index (χ1v) is 6.45. The number of aliphatic hydroxyl groups excluding tert-OH is 1. The second kappa shape index (κ2) is 5.51. The molecular weight excluding hydrogens is 226 g/mol. The Morgan fingerprint density at radius 3 is 2.67 bits per heavy atom. The fraction of sp³-hybridized carbons (Fsp3) is 0.533. The van der Waals surface area contributed by atoms with E-state index in [1.807, 2.05) is 12.1 Å². The fourth-order valence-corrected chi connectivity index (χ4v) is 1.90. The van der Waals surface area contributed by atoms with E-state index in [2.05, 4.69) is 18.2 Å². The number of rotatable bonds is 5. The van der Waals surface area contributed by atoms with Gasteiger partial charge in [-0.15, -0.1) is 0 Å². The summed E-state index contributed by atoms with van der Waals surface area (Å²) in [5, 5.41) is 18.6. The summed E-state index contributed by atoms with van der Waals surface area (Å²) in [6, 6.07) is 10.2. The lowest BCUT2D eigenvalue weighted by molar-refractivity contribution is -0.0426. The molecule has 1 fully saturated rings. The van der Waals surface area contributed by atoms with E-state index in [-0.39, 0.29) is 6.10 Å². The summed E-state index contributed by atoms with van der Waals surface area (Å²) in [7, 11) is 0. The number of nitriles is 1. The van der Waals surface area contributed by atoms with Crippen LogP contribution in [0.1, 0.15) is 49.8 Å². The Kier molecular flexibility index (Phi) is 4.00. The molecule has 0 radical (unpaired) electrons.